The second-order valence-electron chi connectivity index (χ2n) is 11.7. The van der Waals surface area contributed by atoms with Crippen LogP contribution in [0.1, 0.15) is 134 Å². The van der Waals surface area contributed by atoms with E-state index in [0.717, 1.165) is 50.9 Å². The first-order valence-electron chi connectivity index (χ1n) is 15.4. The Morgan fingerprint density at radius 1 is 0.500 bits per heavy atom. The largest absolute Gasteiger partial charge is 0.379 e. The summed E-state index contributed by atoms with van der Waals surface area (Å²) < 4.78 is 5.37. The van der Waals surface area contributed by atoms with Crippen LogP contribution in [0.2, 0.25) is 0 Å². The van der Waals surface area contributed by atoms with Crippen LogP contribution < -0.4 is 0 Å². The lowest BCUT2D eigenvalue weighted by Crippen LogP contribution is -2.08. The van der Waals surface area contributed by atoms with Gasteiger partial charge in [-0.25, -0.2) is 0 Å². The van der Waals surface area contributed by atoms with Crippen LogP contribution in [0.5, 0.6) is 0 Å². The van der Waals surface area contributed by atoms with E-state index >= 15 is 0 Å². The van der Waals surface area contributed by atoms with E-state index in [2.05, 4.69) is 27.7 Å². The number of unbranched alkanes of at least 4 members (excludes halogenated alkanes) is 2. The van der Waals surface area contributed by atoms with Crippen LogP contribution in [-0.4, -0.2) is 52.1 Å². The fourth-order valence-electron chi connectivity index (χ4n) is 2.72. The summed E-state index contributed by atoms with van der Waals surface area (Å²) >= 11 is 0. The molecule has 0 N–H and O–H groups in total. The molecule has 0 amide bonds. The zero-order valence-corrected chi connectivity index (χ0v) is 31.3. The van der Waals surface area contributed by atoms with Crippen molar-refractivity contribution < 1.29 is 19.1 Å². The van der Waals surface area contributed by atoms with Crippen molar-refractivity contribution in [1.82, 2.24) is 0 Å². The van der Waals surface area contributed by atoms with Gasteiger partial charge in [0, 0.05) is 65.6 Å². The number of rotatable bonds is 22. The van der Waals surface area contributed by atoms with Crippen LogP contribution in [0, 0.1) is 17.8 Å². The van der Waals surface area contributed by atoms with Gasteiger partial charge in [0.15, 0.2) is 0 Å². The maximum absolute atomic E-state index is 11.3. The molecule has 0 aliphatic heterocycles. The van der Waals surface area contributed by atoms with E-state index in [1.807, 2.05) is 98.6 Å². The number of Topliss-reactive ketones (excluding diaryl/α,β-unsaturated/α-hetero) is 3. The summed E-state index contributed by atoms with van der Waals surface area (Å²) in [5.74, 6) is 4.06. The lowest BCUT2D eigenvalue weighted by atomic mass is 10.0. The number of ether oxygens (including phenoxy) is 1. The molecule has 40 heavy (non-hydrogen) atoms. The third-order valence-electron chi connectivity index (χ3n) is 5.27. The predicted molar refractivity (Wildman–Crippen MR) is 188 cm³/mol. The Morgan fingerprint density at radius 2 is 0.850 bits per heavy atom. The quantitative estimate of drug-likeness (QED) is 0.0855. The van der Waals surface area contributed by atoms with Crippen molar-refractivity contribution >= 4 is 60.5 Å². The van der Waals surface area contributed by atoms with E-state index in [9.17, 15) is 14.4 Å². The lowest BCUT2D eigenvalue weighted by Gasteiger charge is -2.07. The Hall–Kier alpha value is 0.370. The fraction of sp³-hybridized carbons (Fsp3) is 0.906. The van der Waals surface area contributed by atoms with Gasteiger partial charge in [0.2, 0.25) is 0 Å². The smallest absolute Gasteiger partial charge is 0.135 e. The molecule has 0 rings (SSSR count). The first-order valence-corrected chi connectivity index (χ1v) is 20.1. The molecule has 0 unspecified atom stereocenters. The van der Waals surface area contributed by atoms with E-state index in [1.54, 1.807) is 0 Å². The molecular formula is C32H64O4S4. The van der Waals surface area contributed by atoms with Gasteiger partial charge in [0.1, 0.15) is 17.3 Å². The Kier molecular flexibility index (Phi) is 34.5. The summed E-state index contributed by atoms with van der Waals surface area (Å²) in [6, 6.07) is 0. The van der Waals surface area contributed by atoms with Crippen LogP contribution in [-0.2, 0) is 19.1 Å². The molecule has 0 aliphatic rings. The minimum atomic E-state index is 0.186. The van der Waals surface area contributed by atoms with Crippen molar-refractivity contribution in [2.45, 2.75) is 151 Å². The molecule has 0 radical (unpaired) electrons. The van der Waals surface area contributed by atoms with Crippen molar-refractivity contribution in [2.75, 3.05) is 18.1 Å². The molecule has 0 aromatic rings. The van der Waals surface area contributed by atoms with Crippen molar-refractivity contribution in [3.8, 4) is 0 Å². The fourth-order valence-corrected chi connectivity index (χ4v) is 6.96. The van der Waals surface area contributed by atoms with Crippen LogP contribution in [0.25, 0.3) is 0 Å². The van der Waals surface area contributed by atoms with E-state index in [0.29, 0.717) is 40.4 Å². The van der Waals surface area contributed by atoms with Crippen LogP contribution >= 0.6 is 43.2 Å². The second-order valence-corrected chi connectivity index (χ2v) is 17.9. The number of carbonyl (C=O) groups is 3. The maximum Gasteiger partial charge on any atom is 0.135 e. The van der Waals surface area contributed by atoms with Crippen molar-refractivity contribution in [2.24, 2.45) is 17.8 Å². The van der Waals surface area contributed by atoms with Gasteiger partial charge in [-0.15, -0.1) is 0 Å². The Bertz CT molecular complexity index is 572. The normalized spacial score (nSPS) is 11.2. The van der Waals surface area contributed by atoms with Crippen LogP contribution in [0.4, 0.5) is 0 Å². The van der Waals surface area contributed by atoms with Gasteiger partial charge in [-0.1, -0.05) is 112 Å². The van der Waals surface area contributed by atoms with E-state index in [-0.39, 0.29) is 17.8 Å². The minimum absolute atomic E-state index is 0.186. The number of ketones is 3. The molecule has 0 aromatic heterocycles. The van der Waals surface area contributed by atoms with Gasteiger partial charge in [-0.05, 0) is 46.0 Å². The zero-order chi connectivity index (χ0) is 31.5. The highest BCUT2D eigenvalue weighted by Crippen LogP contribution is 2.27. The third-order valence-corrected chi connectivity index (χ3v) is 11.4. The Labute approximate surface area is 265 Å². The van der Waals surface area contributed by atoms with Gasteiger partial charge in [-0.2, -0.15) is 0 Å². The first kappa shape index (κ1) is 44.8. The molecule has 0 heterocycles. The summed E-state index contributed by atoms with van der Waals surface area (Å²) in [6.07, 6.45) is 7.75. The molecule has 0 atom stereocenters. The average molecular weight is 641 g/mol. The topological polar surface area (TPSA) is 60.4 Å². The molecule has 0 bridgehead atoms. The summed E-state index contributed by atoms with van der Waals surface area (Å²) in [7, 11) is 7.63. The molecule has 0 spiro atoms. The van der Waals surface area contributed by atoms with Gasteiger partial charge in [-0.3, -0.25) is 14.4 Å². The van der Waals surface area contributed by atoms with Gasteiger partial charge in [0.25, 0.3) is 0 Å². The predicted octanol–water partition coefficient (Wildman–Crippen LogP) is 10.8. The standard InChI is InChI=1S/C11H22O2.C11H22OS2.C10H20OS2/c1-9(2)11(12)7-5-6-8-13-10(3)4;1-9(2)11(12)7-5-6-8-13-14-10(3)4;1-8(2)10(11)6-5-7-12-13-9(3)4/h9-10H,5-8H2,1-4H3;9-10H,5-8H2,1-4H3;8-9H,5-7H2,1-4H3. The number of hydrogen-bond donors (Lipinski definition) is 0. The molecule has 0 aliphatic carbocycles. The zero-order valence-electron chi connectivity index (χ0n) is 28.0. The highest BCUT2D eigenvalue weighted by Gasteiger charge is 2.07. The summed E-state index contributed by atoms with van der Waals surface area (Å²) in [6.45, 7) is 25.4. The Balaban J connectivity index is -0.000000514. The van der Waals surface area contributed by atoms with Crippen LogP contribution in [0.3, 0.4) is 0 Å². The molecule has 0 aromatic carbocycles. The van der Waals surface area contributed by atoms with E-state index in [1.165, 1.54) is 12.2 Å². The van der Waals surface area contributed by atoms with E-state index < -0.39 is 0 Å². The minimum Gasteiger partial charge on any atom is -0.379 e. The van der Waals surface area contributed by atoms with Crippen molar-refractivity contribution in [3.05, 3.63) is 0 Å². The summed E-state index contributed by atoms with van der Waals surface area (Å²) in [5.41, 5.74) is 0. The second kappa shape index (κ2) is 30.8. The molecule has 0 fully saturated rings. The molecule has 0 saturated heterocycles. The molecule has 240 valence electrons. The van der Waals surface area contributed by atoms with E-state index in [4.69, 9.17) is 4.74 Å². The third kappa shape index (κ3) is 38.4. The Morgan fingerprint density at radius 3 is 1.20 bits per heavy atom. The first-order chi connectivity index (χ1) is 18.6. The molecule has 0 saturated carbocycles. The molecular weight excluding hydrogens is 577 g/mol. The maximum atomic E-state index is 11.3. The van der Waals surface area contributed by atoms with Gasteiger partial charge >= 0.3 is 0 Å². The SMILES string of the molecule is CC(C)OCCCCC(=O)C(C)C.CC(C)SSCCCC(=O)C(C)C.CC(C)SSCCCCC(=O)C(C)C. The van der Waals surface area contributed by atoms with Gasteiger partial charge < -0.3 is 4.74 Å². The highest BCUT2D eigenvalue weighted by molar-refractivity contribution is 8.77. The number of hydrogen-bond acceptors (Lipinski definition) is 8. The lowest BCUT2D eigenvalue weighted by molar-refractivity contribution is -0.122. The average Bonchev–Trinajstić information content (AvgIpc) is 2.85. The van der Waals surface area contributed by atoms with Crippen LogP contribution in [0.15, 0.2) is 0 Å². The molecule has 4 nitrogen and oxygen atoms in total. The van der Waals surface area contributed by atoms with Crippen molar-refractivity contribution in [1.29, 1.82) is 0 Å². The molecule has 8 heteroatoms. The summed E-state index contributed by atoms with van der Waals surface area (Å²) in [5, 5.41) is 1.39. The highest BCUT2D eigenvalue weighted by atomic mass is 33.1. The monoisotopic (exact) mass is 640 g/mol. The van der Waals surface area contributed by atoms with Crippen molar-refractivity contribution in [3.63, 3.8) is 0 Å². The summed E-state index contributed by atoms with van der Waals surface area (Å²) in [4.78, 5) is 33.7. The van der Waals surface area contributed by atoms with Gasteiger partial charge in [0.05, 0.1) is 6.10 Å². The number of carbonyl (C=O) groups excluding carboxylic acids is 3.